The third-order valence-corrected chi connectivity index (χ3v) is 4.79. The van der Waals surface area contributed by atoms with E-state index < -0.39 is 0 Å². The summed E-state index contributed by atoms with van der Waals surface area (Å²) >= 11 is 6.08. The molecule has 4 nitrogen and oxygen atoms in total. The fraction of sp³-hybridized carbons (Fsp3) is 0.300. The first-order valence-electron chi connectivity index (χ1n) is 8.39. The molecule has 3 rings (SSSR count). The first-order valence-corrected chi connectivity index (χ1v) is 8.77. The number of amides is 2. The van der Waals surface area contributed by atoms with Gasteiger partial charge in [-0.2, -0.15) is 0 Å². The summed E-state index contributed by atoms with van der Waals surface area (Å²) in [6.07, 6.45) is 0.605. The van der Waals surface area contributed by atoms with Gasteiger partial charge < -0.3 is 10.6 Å². The molecule has 1 fully saturated rings. The van der Waals surface area contributed by atoms with Crippen LogP contribution >= 0.6 is 11.6 Å². The van der Waals surface area contributed by atoms with E-state index in [1.807, 2.05) is 49.4 Å². The van der Waals surface area contributed by atoms with Gasteiger partial charge in [-0.3, -0.25) is 9.59 Å². The minimum atomic E-state index is -0.236. The van der Waals surface area contributed by atoms with E-state index in [0.717, 1.165) is 16.7 Å². The van der Waals surface area contributed by atoms with Crippen molar-refractivity contribution in [2.75, 3.05) is 0 Å². The highest BCUT2D eigenvalue weighted by molar-refractivity contribution is 6.31. The molecule has 0 aromatic heterocycles. The maximum absolute atomic E-state index is 12.2. The van der Waals surface area contributed by atoms with Gasteiger partial charge in [0, 0.05) is 18.1 Å². The maximum Gasteiger partial charge on any atom is 0.224 e. The first kappa shape index (κ1) is 17.5. The molecule has 2 unspecified atom stereocenters. The Morgan fingerprint density at radius 1 is 1.00 bits per heavy atom. The van der Waals surface area contributed by atoms with Gasteiger partial charge in [-0.25, -0.2) is 0 Å². The molecular weight excluding hydrogens is 336 g/mol. The summed E-state index contributed by atoms with van der Waals surface area (Å²) in [5.74, 6) is -0.605. The van der Waals surface area contributed by atoms with Gasteiger partial charge in [-0.05, 0) is 30.5 Å². The van der Waals surface area contributed by atoms with Crippen molar-refractivity contribution in [1.29, 1.82) is 0 Å². The number of rotatable bonds is 6. The summed E-state index contributed by atoms with van der Waals surface area (Å²) in [6.45, 7) is 2.89. The molecule has 0 heterocycles. The highest BCUT2D eigenvalue weighted by Gasteiger charge is 2.47. The lowest BCUT2D eigenvalue weighted by Crippen LogP contribution is -2.29. The van der Waals surface area contributed by atoms with E-state index in [1.165, 1.54) is 0 Å². The fourth-order valence-electron chi connectivity index (χ4n) is 2.87. The van der Waals surface area contributed by atoms with Crippen LogP contribution in [-0.2, 0) is 22.7 Å². The smallest absolute Gasteiger partial charge is 0.224 e. The number of carbonyl (C=O) groups excluding carboxylic acids is 2. The average Bonchev–Trinajstić information content (AvgIpc) is 3.40. The van der Waals surface area contributed by atoms with Crippen LogP contribution in [0.2, 0.25) is 5.02 Å². The third kappa shape index (κ3) is 4.60. The monoisotopic (exact) mass is 356 g/mol. The summed E-state index contributed by atoms with van der Waals surface area (Å²) in [7, 11) is 0. The molecule has 2 atom stereocenters. The van der Waals surface area contributed by atoms with Crippen molar-refractivity contribution in [2.24, 2.45) is 11.8 Å². The zero-order chi connectivity index (χ0) is 17.8. The summed E-state index contributed by atoms with van der Waals surface area (Å²) in [6, 6.07) is 15.4. The quantitative estimate of drug-likeness (QED) is 0.835. The Kier molecular flexibility index (Phi) is 5.39. The molecule has 0 saturated heterocycles. The molecule has 1 aliphatic rings. The first-order chi connectivity index (χ1) is 12.0. The Morgan fingerprint density at radius 2 is 1.68 bits per heavy atom. The zero-order valence-electron chi connectivity index (χ0n) is 14.1. The highest BCUT2D eigenvalue weighted by Crippen LogP contribution is 2.38. The Labute approximate surface area is 152 Å². The van der Waals surface area contributed by atoms with Crippen LogP contribution in [0.4, 0.5) is 0 Å². The number of hydrogen-bond donors (Lipinski definition) is 2. The third-order valence-electron chi connectivity index (χ3n) is 4.42. The van der Waals surface area contributed by atoms with Crippen molar-refractivity contribution in [3.05, 3.63) is 70.2 Å². The van der Waals surface area contributed by atoms with Gasteiger partial charge in [-0.1, -0.05) is 59.6 Å². The predicted molar refractivity (Wildman–Crippen MR) is 97.9 cm³/mol. The Morgan fingerprint density at radius 3 is 2.36 bits per heavy atom. The molecule has 5 heteroatoms. The Balaban J connectivity index is 1.44. The topological polar surface area (TPSA) is 58.2 Å². The highest BCUT2D eigenvalue weighted by atomic mass is 35.5. The molecule has 1 aliphatic carbocycles. The van der Waals surface area contributed by atoms with E-state index in [2.05, 4.69) is 10.6 Å². The van der Waals surface area contributed by atoms with E-state index in [0.29, 0.717) is 24.5 Å². The fourth-order valence-corrected chi connectivity index (χ4v) is 3.07. The van der Waals surface area contributed by atoms with Crippen LogP contribution in [0.25, 0.3) is 0 Å². The van der Waals surface area contributed by atoms with Gasteiger partial charge >= 0.3 is 0 Å². The largest absolute Gasteiger partial charge is 0.352 e. The number of benzene rings is 2. The maximum atomic E-state index is 12.2. The van der Waals surface area contributed by atoms with E-state index in [4.69, 9.17) is 11.6 Å². The molecule has 25 heavy (non-hydrogen) atoms. The van der Waals surface area contributed by atoms with Crippen LogP contribution in [0.3, 0.4) is 0 Å². The molecule has 130 valence electrons. The van der Waals surface area contributed by atoms with Crippen molar-refractivity contribution >= 4 is 23.4 Å². The molecule has 0 radical (unpaired) electrons. The predicted octanol–water partition coefficient (Wildman–Crippen LogP) is 3.22. The molecule has 0 spiro atoms. The van der Waals surface area contributed by atoms with Crippen molar-refractivity contribution < 1.29 is 9.59 Å². The number of halogens is 1. The van der Waals surface area contributed by atoms with E-state index in [9.17, 15) is 9.59 Å². The minimum Gasteiger partial charge on any atom is -0.352 e. The standard InChI is InChI=1S/C20H21ClN2O2/c1-13-5-4-6-14(9-13)11-22-19(24)16-10-17(16)20(25)23-12-15-7-2-3-8-18(15)21/h2-9,16-17H,10-12H2,1H3,(H,22,24)(H,23,25). The van der Waals surface area contributed by atoms with Crippen LogP contribution in [-0.4, -0.2) is 11.8 Å². The second kappa shape index (κ2) is 7.70. The number of carbonyl (C=O) groups is 2. The van der Waals surface area contributed by atoms with Gasteiger partial charge in [0.05, 0.1) is 11.8 Å². The lowest BCUT2D eigenvalue weighted by molar-refractivity contribution is -0.127. The minimum absolute atomic E-state index is 0.0561. The summed E-state index contributed by atoms with van der Waals surface area (Å²) in [4.78, 5) is 24.4. The van der Waals surface area contributed by atoms with E-state index in [1.54, 1.807) is 6.07 Å². The van der Waals surface area contributed by atoms with Crippen LogP contribution in [0.15, 0.2) is 48.5 Å². The van der Waals surface area contributed by atoms with Crippen LogP contribution in [0.1, 0.15) is 23.1 Å². The molecule has 2 N–H and O–H groups in total. The van der Waals surface area contributed by atoms with Gasteiger partial charge in [0.25, 0.3) is 0 Å². The van der Waals surface area contributed by atoms with Gasteiger partial charge in [0.2, 0.25) is 11.8 Å². The van der Waals surface area contributed by atoms with Gasteiger partial charge in [0.15, 0.2) is 0 Å². The average molecular weight is 357 g/mol. The molecule has 1 saturated carbocycles. The molecule has 2 aromatic rings. The second-order valence-electron chi connectivity index (χ2n) is 6.46. The lowest BCUT2D eigenvalue weighted by atomic mass is 10.1. The SMILES string of the molecule is Cc1cccc(CNC(=O)C2CC2C(=O)NCc2ccccc2Cl)c1. The lowest BCUT2D eigenvalue weighted by Gasteiger charge is -2.08. The Hall–Kier alpha value is -2.33. The molecular formula is C20H21ClN2O2. The van der Waals surface area contributed by atoms with Gasteiger partial charge in [0.1, 0.15) is 0 Å². The molecule has 0 bridgehead atoms. The van der Waals surface area contributed by atoms with Crippen LogP contribution in [0.5, 0.6) is 0 Å². The van der Waals surface area contributed by atoms with Gasteiger partial charge in [-0.15, -0.1) is 0 Å². The molecule has 0 aliphatic heterocycles. The summed E-state index contributed by atoms with van der Waals surface area (Å²) in [5, 5.41) is 6.41. The second-order valence-corrected chi connectivity index (χ2v) is 6.87. The normalized spacial score (nSPS) is 18.5. The van der Waals surface area contributed by atoms with E-state index >= 15 is 0 Å². The zero-order valence-corrected chi connectivity index (χ0v) is 14.8. The molecule has 2 aromatic carbocycles. The number of hydrogen-bond acceptors (Lipinski definition) is 2. The number of nitrogens with one attached hydrogen (secondary N) is 2. The van der Waals surface area contributed by atoms with Crippen LogP contribution < -0.4 is 10.6 Å². The van der Waals surface area contributed by atoms with E-state index in [-0.39, 0.29) is 23.7 Å². The van der Waals surface area contributed by atoms with Crippen molar-refractivity contribution in [2.45, 2.75) is 26.4 Å². The van der Waals surface area contributed by atoms with Crippen molar-refractivity contribution in [3.63, 3.8) is 0 Å². The Bertz CT molecular complexity index is 791. The summed E-state index contributed by atoms with van der Waals surface area (Å²) < 4.78 is 0. The molecule has 2 amide bonds. The number of aryl methyl sites for hydroxylation is 1. The summed E-state index contributed by atoms with van der Waals surface area (Å²) in [5.41, 5.74) is 3.10. The van der Waals surface area contributed by atoms with Crippen molar-refractivity contribution in [1.82, 2.24) is 10.6 Å². The van der Waals surface area contributed by atoms with Crippen LogP contribution in [0, 0.1) is 18.8 Å². The van der Waals surface area contributed by atoms with Crippen molar-refractivity contribution in [3.8, 4) is 0 Å².